The Morgan fingerprint density at radius 1 is 1.62 bits per heavy atom. The molecule has 0 aliphatic heterocycles. The van der Waals surface area contributed by atoms with Gasteiger partial charge < -0.3 is 5.11 Å². The number of carboxylic acids is 1. The monoisotopic (exact) mass is 182 g/mol. The lowest BCUT2D eigenvalue weighted by atomic mass is 9.62. The Kier molecular flexibility index (Phi) is 2.51. The van der Waals surface area contributed by atoms with E-state index in [4.69, 9.17) is 5.11 Å². The van der Waals surface area contributed by atoms with Crippen molar-refractivity contribution >= 4 is 5.97 Å². The zero-order valence-electron chi connectivity index (χ0n) is 8.63. The first-order chi connectivity index (χ1) is 5.87. The third-order valence-corrected chi connectivity index (χ3v) is 3.43. The summed E-state index contributed by atoms with van der Waals surface area (Å²) in [5.74, 6) is -0.690. The van der Waals surface area contributed by atoms with Gasteiger partial charge in [0.1, 0.15) is 0 Å². The molecule has 74 valence electrons. The maximum Gasteiger partial charge on any atom is 0.307 e. The average Bonchev–Trinajstić information content (AvgIpc) is 1.96. The van der Waals surface area contributed by atoms with Gasteiger partial charge in [0.25, 0.3) is 0 Å². The minimum atomic E-state index is -0.682. The van der Waals surface area contributed by atoms with Crippen LogP contribution in [0.3, 0.4) is 0 Å². The quantitative estimate of drug-likeness (QED) is 0.633. The lowest BCUT2D eigenvalue weighted by molar-refractivity contribution is -0.148. The molecule has 0 radical (unpaired) electrons. The topological polar surface area (TPSA) is 37.3 Å². The predicted molar refractivity (Wildman–Crippen MR) is 52.4 cm³/mol. The number of rotatable bonds is 1. The van der Waals surface area contributed by atoms with Crippen molar-refractivity contribution in [2.24, 2.45) is 17.3 Å². The summed E-state index contributed by atoms with van der Waals surface area (Å²) in [6.45, 7) is 9.97. The highest BCUT2D eigenvalue weighted by molar-refractivity contribution is 5.72. The van der Waals surface area contributed by atoms with Gasteiger partial charge in [0.05, 0.1) is 5.92 Å². The van der Waals surface area contributed by atoms with Crippen LogP contribution in [0.1, 0.15) is 33.6 Å². The number of hydrogen-bond donors (Lipinski definition) is 1. The first-order valence-corrected chi connectivity index (χ1v) is 4.78. The van der Waals surface area contributed by atoms with Crippen molar-refractivity contribution in [3.05, 3.63) is 12.2 Å². The summed E-state index contributed by atoms with van der Waals surface area (Å²) in [6.07, 6.45) is 1.93. The molecule has 2 atom stereocenters. The average molecular weight is 182 g/mol. The van der Waals surface area contributed by atoms with E-state index in [1.54, 1.807) is 0 Å². The minimum absolute atomic E-state index is 0.247. The van der Waals surface area contributed by atoms with E-state index in [9.17, 15) is 4.79 Å². The fourth-order valence-corrected chi connectivity index (χ4v) is 2.37. The lowest BCUT2D eigenvalue weighted by Crippen LogP contribution is -2.40. The Morgan fingerprint density at radius 3 is 2.54 bits per heavy atom. The van der Waals surface area contributed by atoms with Gasteiger partial charge in [-0.25, -0.2) is 0 Å². The molecule has 0 spiro atoms. The Bertz CT molecular complexity index is 240. The number of carbonyl (C=O) groups is 1. The first kappa shape index (κ1) is 10.3. The zero-order chi connectivity index (χ0) is 10.2. The van der Waals surface area contributed by atoms with Crippen molar-refractivity contribution in [1.82, 2.24) is 0 Å². The Hall–Kier alpha value is -0.790. The molecule has 0 aromatic heterocycles. The standard InChI is InChI=1S/C11H18O2/c1-7-5-6-8(2)11(3,4)9(7)10(12)13/h7,9H,2,5-6H2,1,3-4H3,(H,12,13). The molecule has 2 unspecified atom stereocenters. The van der Waals surface area contributed by atoms with Crippen LogP contribution in [-0.2, 0) is 4.79 Å². The van der Waals surface area contributed by atoms with Gasteiger partial charge in [0.15, 0.2) is 0 Å². The van der Waals surface area contributed by atoms with E-state index in [0.29, 0.717) is 0 Å². The van der Waals surface area contributed by atoms with Crippen LogP contribution < -0.4 is 0 Å². The van der Waals surface area contributed by atoms with Crippen LogP contribution in [0.15, 0.2) is 12.2 Å². The molecule has 13 heavy (non-hydrogen) atoms. The maximum absolute atomic E-state index is 11.1. The van der Waals surface area contributed by atoms with Gasteiger partial charge >= 0.3 is 5.97 Å². The Labute approximate surface area is 79.6 Å². The predicted octanol–water partition coefficient (Wildman–Crippen LogP) is 2.70. The molecular weight excluding hydrogens is 164 g/mol. The molecular formula is C11H18O2. The first-order valence-electron chi connectivity index (χ1n) is 4.78. The van der Waals surface area contributed by atoms with Crippen molar-refractivity contribution in [1.29, 1.82) is 0 Å². The minimum Gasteiger partial charge on any atom is -0.481 e. The summed E-state index contributed by atoms with van der Waals surface area (Å²) in [4.78, 5) is 11.1. The van der Waals surface area contributed by atoms with E-state index >= 15 is 0 Å². The second-order valence-electron chi connectivity index (χ2n) is 4.66. The molecule has 0 heterocycles. The molecule has 1 saturated carbocycles. The Balaban J connectivity index is 2.98. The molecule has 0 aromatic carbocycles. The summed E-state index contributed by atoms with van der Waals surface area (Å²) in [5.41, 5.74) is 0.835. The molecule has 1 rings (SSSR count). The van der Waals surface area contributed by atoms with E-state index in [-0.39, 0.29) is 17.3 Å². The second-order valence-corrected chi connectivity index (χ2v) is 4.66. The van der Waals surface area contributed by atoms with E-state index in [0.717, 1.165) is 18.4 Å². The molecule has 0 saturated heterocycles. The van der Waals surface area contributed by atoms with Crippen molar-refractivity contribution in [2.45, 2.75) is 33.6 Å². The smallest absolute Gasteiger partial charge is 0.307 e. The number of carboxylic acid groups (broad SMARTS) is 1. The van der Waals surface area contributed by atoms with E-state index < -0.39 is 5.97 Å². The van der Waals surface area contributed by atoms with Gasteiger partial charge in [-0.3, -0.25) is 4.79 Å². The summed E-state index contributed by atoms with van der Waals surface area (Å²) in [5, 5.41) is 9.12. The molecule has 2 nitrogen and oxygen atoms in total. The van der Waals surface area contributed by atoms with Crippen molar-refractivity contribution in [3.63, 3.8) is 0 Å². The largest absolute Gasteiger partial charge is 0.481 e. The summed E-state index contributed by atoms with van der Waals surface area (Å²) < 4.78 is 0. The molecule has 0 aromatic rings. The molecule has 1 aliphatic rings. The summed E-state index contributed by atoms with van der Waals surface area (Å²) in [6, 6.07) is 0. The normalized spacial score (nSPS) is 33.0. The molecule has 0 amide bonds. The molecule has 0 bridgehead atoms. The highest BCUT2D eigenvalue weighted by Crippen LogP contribution is 2.46. The van der Waals surface area contributed by atoms with Crippen LogP contribution in [0.2, 0.25) is 0 Å². The van der Waals surface area contributed by atoms with E-state index in [1.807, 2.05) is 20.8 Å². The molecule has 2 heteroatoms. The van der Waals surface area contributed by atoms with Crippen LogP contribution in [0.5, 0.6) is 0 Å². The highest BCUT2D eigenvalue weighted by atomic mass is 16.4. The molecule has 1 fully saturated rings. The van der Waals surface area contributed by atoms with Crippen molar-refractivity contribution in [2.75, 3.05) is 0 Å². The summed E-state index contributed by atoms with van der Waals surface area (Å²) in [7, 11) is 0. The second kappa shape index (κ2) is 3.17. The zero-order valence-corrected chi connectivity index (χ0v) is 8.63. The van der Waals surface area contributed by atoms with Crippen LogP contribution in [0.25, 0.3) is 0 Å². The number of allylic oxidation sites excluding steroid dienone is 1. The maximum atomic E-state index is 11.1. The SMILES string of the molecule is C=C1CCC(C)C(C(=O)O)C1(C)C. The van der Waals surface area contributed by atoms with Gasteiger partial charge in [-0.1, -0.05) is 32.9 Å². The number of hydrogen-bond acceptors (Lipinski definition) is 1. The van der Waals surface area contributed by atoms with Gasteiger partial charge in [-0.15, -0.1) is 0 Å². The van der Waals surface area contributed by atoms with Crippen LogP contribution in [-0.4, -0.2) is 11.1 Å². The van der Waals surface area contributed by atoms with Crippen LogP contribution in [0.4, 0.5) is 0 Å². The van der Waals surface area contributed by atoms with E-state index in [1.165, 1.54) is 0 Å². The third-order valence-electron chi connectivity index (χ3n) is 3.43. The van der Waals surface area contributed by atoms with Crippen molar-refractivity contribution in [3.8, 4) is 0 Å². The highest BCUT2D eigenvalue weighted by Gasteiger charge is 2.43. The van der Waals surface area contributed by atoms with Crippen LogP contribution in [0, 0.1) is 17.3 Å². The fourth-order valence-electron chi connectivity index (χ4n) is 2.37. The fraction of sp³-hybridized carbons (Fsp3) is 0.727. The number of aliphatic carboxylic acids is 1. The third kappa shape index (κ3) is 1.62. The molecule has 1 N–H and O–H groups in total. The molecule has 1 aliphatic carbocycles. The van der Waals surface area contributed by atoms with Crippen molar-refractivity contribution < 1.29 is 9.90 Å². The Morgan fingerprint density at radius 2 is 2.15 bits per heavy atom. The summed E-state index contributed by atoms with van der Waals surface area (Å²) >= 11 is 0. The van der Waals surface area contributed by atoms with Gasteiger partial charge in [0.2, 0.25) is 0 Å². The van der Waals surface area contributed by atoms with Crippen LogP contribution >= 0.6 is 0 Å². The van der Waals surface area contributed by atoms with Gasteiger partial charge in [0, 0.05) is 0 Å². The van der Waals surface area contributed by atoms with Gasteiger partial charge in [-0.2, -0.15) is 0 Å². The van der Waals surface area contributed by atoms with Gasteiger partial charge in [-0.05, 0) is 24.2 Å². The van der Waals surface area contributed by atoms with E-state index in [2.05, 4.69) is 6.58 Å². The lowest BCUT2D eigenvalue weighted by Gasteiger charge is -2.41.